The Hall–Kier alpha value is -0.200. The first-order valence-corrected chi connectivity index (χ1v) is 6.51. The van der Waals surface area contributed by atoms with Gasteiger partial charge in [0.2, 0.25) is 0 Å². The normalized spacial score (nSPS) is 20.1. The van der Waals surface area contributed by atoms with E-state index in [0.717, 1.165) is 5.02 Å². The molecule has 0 radical (unpaired) electrons. The molecular formula is C13H16Cl2. The Labute approximate surface area is 102 Å². The van der Waals surface area contributed by atoms with Gasteiger partial charge in [0.1, 0.15) is 0 Å². The van der Waals surface area contributed by atoms with Gasteiger partial charge >= 0.3 is 0 Å². The third kappa shape index (κ3) is 2.16. The number of benzene rings is 1. The molecule has 2 rings (SSSR count). The van der Waals surface area contributed by atoms with Gasteiger partial charge in [0, 0.05) is 16.3 Å². The number of alkyl halides is 1. The summed E-state index contributed by atoms with van der Waals surface area (Å²) in [6.07, 6.45) is 6.25. The summed E-state index contributed by atoms with van der Waals surface area (Å²) in [7, 11) is 0. The maximum Gasteiger partial charge on any atom is 0.0444 e. The Kier molecular flexibility index (Phi) is 3.58. The minimum absolute atomic E-state index is 0.137. The van der Waals surface area contributed by atoms with Gasteiger partial charge < -0.3 is 0 Å². The molecule has 0 bridgehead atoms. The van der Waals surface area contributed by atoms with E-state index in [0.29, 0.717) is 5.88 Å². The van der Waals surface area contributed by atoms with Crippen molar-refractivity contribution in [3.8, 4) is 0 Å². The molecule has 0 heterocycles. The van der Waals surface area contributed by atoms with E-state index in [1.54, 1.807) is 0 Å². The summed E-state index contributed by atoms with van der Waals surface area (Å²) in [5.74, 6) is 0.691. The Balaban J connectivity index is 2.36. The van der Waals surface area contributed by atoms with Crippen molar-refractivity contribution in [3.63, 3.8) is 0 Å². The molecule has 1 fully saturated rings. The van der Waals surface area contributed by atoms with Crippen LogP contribution in [0.15, 0.2) is 24.3 Å². The van der Waals surface area contributed by atoms with E-state index in [1.165, 1.54) is 37.7 Å². The van der Waals surface area contributed by atoms with Gasteiger partial charge in [0.05, 0.1) is 0 Å². The molecule has 1 aliphatic rings. The van der Waals surface area contributed by atoms with Crippen LogP contribution in [0.25, 0.3) is 0 Å². The lowest BCUT2D eigenvalue weighted by Gasteiger charge is -2.36. The van der Waals surface area contributed by atoms with E-state index in [9.17, 15) is 0 Å². The molecule has 0 aromatic heterocycles. The van der Waals surface area contributed by atoms with Crippen molar-refractivity contribution in [3.05, 3.63) is 34.9 Å². The number of rotatable bonds is 2. The van der Waals surface area contributed by atoms with Crippen LogP contribution >= 0.6 is 23.2 Å². The molecule has 0 atom stereocenters. The standard InChI is InChI=1S/C13H16Cl2/c14-10-13(8-4-1-5-9-13)11-6-2-3-7-12(11)15/h2-3,6-7H,1,4-5,8-10H2. The van der Waals surface area contributed by atoms with Crippen LogP contribution in [0.1, 0.15) is 37.7 Å². The van der Waals surface area contributed by atoms with E-state index in [2.05, 4.69) is 12.1 Å². The van der Waals surface area contributed by atoms with Crippen LogP contribution in [-0.4, -0.2) is 5.88 Å². The van der Waals surface area contributed by atoms with Gasteiger partial charge in [0.15, 0.2) is 0 Å². The number of halogens is 2. The Morgan fingerprint density at radius 2 is 1.73 bits per heavy atom. The summed E-state index contributed by atoms with van der Waals surface area (Å²) in [6, 6.07) is 8.15. The topological polar surface area (TPSA) is 0 Å². The second-order valence-corrected chi connectivity index (χ2v) is 5.13. The molecule has 15 heavy (non-hydrogen) atoms. The van der Waals surface area contributed by atoms with Crippen LogP contribution in [0.4, 0.5) is 0 Å². The third-order valence-corrected chi connectivity index (χ3v) is 4.35. The van der Waals surface area contributed by atoms with Crippen molar-refractivity contribution in [2.45, 2.75) is 37.5 Å². The van der Waals surface area contributed by atoms with Gasteiger partial charge in [-0.15, -0.1) is 11.6 Å². The molecule has 0 nitrogen and oxygen atoms in total. The van der Waals surface area contributed by atoms with Gasteiger partial charge in [-0.1, -0.05) is 49.1 Å². The molecule has 0 aliphatic heterocycles. The van der Waals surface area contributed by atoms with E-state index < -0.39 is 0 Å². The van der Waals surface area contributed by atoms with Crippen molar-refractivity contribution in [1.29, 1.82) is 0 Å². The number of hydrogen-bond acceptors (Lipinski definition) is 0. The average Bonchev–Trinajstić information content (AvgIpc) is 2.30. The second kappa shape index (κ2) is 4.76. The smallest absolute Gasteiger partial charge is 0.0444 e. The van der Waals surface area contributed by atoms with Crippen LogP contribution in [0.5, 0.6) is 0 Å². The van der Waals surface area contributed by atoms with E-state index in [4.69, 9.17) is 23.2 Å². The summed E-state index contributed by atoms with van der Waals surface area (Å²) in [5.41, 5.74) is 1.39. The zero-order chi connectivity index (χ0) is 10.7. The summed E-state index contributed by atoms with van der Waals surface area (Å²) in [5, 5.41) is 0.875. The SMILES string of the molecule is ClCC1(c2ccccc2Cl)CCCCC1. The van der Waals surface area contributed by atoms with Gasteiger partial charge in [-0.3, -0.25) is 0 Å². The predicted octanol–water partition coefficient (Wildman–Crippen LogP) is 4.78. The summed E-state index contributed by atoms with van der Waals surface area (Å²) >= 11 is 12.5. The van der Waals surface area contributed by atoms with Crippen LogP contribution in [0, 0.1) is 0 Å². The van der Waals surface area contributed by atoms with Gasteiger partial charge in [0.25, 0.3) is 0 Å². The molecular weight excluding hydrogens is 227 g/mol. The highest BCUT2D eigenvalue weighted by atomic mass is 35.5. The van der Waals surface area contributed by atoms with Crippen molar-refractivity contribution in [2.75, 3.05) is 5.88 Å². The van der Waals surface area contributed by atoms with Crippen LogP contribution in [0.3, 0.4) is 0 Å². The minimum atomic E-state index is 0.137. The van der Waals surface area contributed by atoms with Crippen molar-refractivity contribution < 1.29 is 0 Å². The molecule has 1 aromatic rings. The van der Waals surface area contributed by atoms with Crippen molar-refractivity contribution in [2.24, 2.45) is 0 Å². The molecule has 82 valence electrons. The van der Waals surface area contributed by atoms with Gasteiger partial charge in [-0.25, -0.2) is 0 Å². The number of hydrogen-bond donors (Lipinski definition) is 0. The summed E-state index contributed by atoms with van der Waals surface area (Å²) < 4.78 is 0. The fraction of sp³-hybridized carbons (Fsp3) is 0.538. The minimum Gasteiger partial charge on any atom is -0.126 e. The first kappa shape index (κ1) is 11.3. The lowest BCUT2D eigenvalue weighted by Crippen LogP contribution is -2.31. The first-order chi connectivity index (χ1) is 7.28. The molecule has 1 aliphatic carbocycles. The Bertz CT molecular complexity index is 327. The molecule has 0 amide bonds. The van der Waals surface area contributed by atoms with E-state index in [-0.39, 0.29) is 5.41 Å². The fourth-order valence-corrected chi connectivity index (χ4v) is 3.34. The lowest BCUT2D eigenvalue weighted by atomic mass is 9.71. The zero-order valence-electron chi connectivity index (χ0n) is 8.81. The molecule has 0 unspecified atom stereocenters. The molecule has 0 spiro atoms. The maximum absolute atomic E-state index is 6.27. The predicted molar refractivity (Wildman–Crippen MR) is 66.9 cm³/mol. The summed E-state index contributed by atoms with van der Waals surface area (Å²) in [6.45, 7) is 0. The highest BCUT2D eigenvalue weighted by Crippen LogP contribution is 2.42. The molecule has 0 saturated heterocycles. The Morgan fingerprint density at radius 1 is 1.07 bits per heavy atom. The molecule has 1 saturated carbocycles. The maximum atomic E-state index is 6.27. The van der Waals surface area contributed by atoms with Gasteiger partial charge in [-0.05, 0) is 24.5 Å². The second-order valence-electron chi connectivity index (χ2n) is 4.45. The van der Waals surface area contributed by atoms with Gasteiger partial charge in [-0.2, -0.15) is 0 Å². The fourth-order valence-electron chi connectivity index (χ4n) is 2.59. The molecule has 0 N–H and O–H groups in total. The van der Waals surface area contributed by atoms with Crippen LogP contribution in [-0.2, 0) is 5.41 Å². The average molecular weight is 243 g/mol. The van der Waals surface area contributed by atoms with Crippen molar-refractivity contribution in [1.82, 2.24) is 0 Å². The molecule has 2 heteroatoms. The van der Waals surface area contributed by atoms with Crippen LogP contribution in [0.2, 0.25) is 5.02 Å². The quantitative estimate of drug-likeness (QED) is 0.655. The van der Waals surface area contributed by atoms with Crippen LogP contribution < -0.4 is 0 Å². The third-order valence-electron chi connectivity index (χ3n) is 3.51. The molecule has 1 aromatic carbocycles. The highest BCUT2D eigenvalue weighted by Gasteiger charge is 2.34. The van der Waals surface area contributed by atoms with E-state index in [1.807, 2.05) is 12.1 Å². The lowest BCUT2D eigenvalue weighted by molar-refractivity contribution is 0.324. The largest absolute Gasteiger partial charge is 0.126 e. The monoisotopic (exact) mass is 242 g/mol. The van der Waals surface area contributed by atoms with E-state index >= 15 is 0 Å². The summed E-state index contributed by atoms with van der Waals surface area (Å²) in [4.78, 5) is 0. The Morgan fingerprint density at radius 3 is 2.33 bits per heavy atom. The van der Waals surface area contributed by atoms with Crippen molar-refractivity contribution >= 4 is 23.2 Å². The first-order valence-electron chi connectivity index (χ1n) is 5.59. The highest BCUT2D eigenvalue weighted by molar-refractivity contribution is 6.31. The zero-order valence-corrected chi connectivity index (χ0v) is 10.3.